The van der Waals surface area contributed by atoms with E-state index in [1.165, 1.54) is 0 Å². The molecule has 0 unspecified atom stereocenters. The van der Waals surface area contributed by atoms with Crippen molar-refractivity contribution >= 4 is 5.91 Å². The minimum atomic E-state index is -0.284. The van der Waals surface area contributed by atoms with E-state index in [4.69, 9.17) is 5.73 Å². The first-order valence-electron chi connectivity index (χ1n) is 4.09. The quantitative estimate of drug-likeness (QED) is 0.618. The van der Waals surface area contributed by atoms with Gasteiger partial charge in [-0.25, -0.2) is 0 Å². The SMILES string of the molecule is CCCC=C(C(N)=O)C(C)C. The summed E-state index contributed by atoms with van der Waals surface area (Å²) in [6.07, 6.45) is 3.94. The van der Waals surface area contributed by atoms with E-state index in [2.05, 4.69) is 6.92 Å². The Hall–Kier alpha value is -0.790. The zero-order chi connectivity index (χ0) is 8.85. The van der Waals surface area contributed by atoms with Gasteiger partial charge in [0.1, 0.15) is 0 Å². The molecule has 0 saturated heterocycles. The van der Waals surface area contributed by atoms with Gasteiger partial charge in [-0.2, -0.15) is 0 Å². The highest BCUT2D eigenvalue weighted by molar-refractivity contribution is 5.92. The molecule has 0 fully saturated rings. The van der Waals surface area contributed by atoms with Gasteiger partial charge in [0.25, 0.3) is 0 Å². The van der Waals surface area contributed by atoms with Gasteiger partial charge in [0, 0.05) is 5.57 Å². The maximum Gasteiger partial charge on any atom is 0.244 e. The molecule has 0 rings (SSSR count). The molecule has 0 aliphatic carbocycles. The number of nitrogens with two attached hydrogens (primary N) is 1. The maximum absolute atomic E-state index is 10.8. The summed E-state index contributed by atoms with van der Waals surface area (Å²) >= 11 is 0. The average molecular weight is 155 g/mol. The maximum atomic E-state index is 10.8. The van der Waals surface area contributed by atoms with Crippen LogP contribution in [0.25, 0.3) is 0 Å². The second-order valence-electron chi connectivity index (χ2n) is 2.97. The molecule has 0 spiro atoms. The Morgan fingerprint density at radius 3 is 2.36 bits per heavy atom. The third-order valence-corrected chi connectivity index (χ3v) is 1.56. The van der Waals surface area contributed by atoms with Crippen LogP contribution in [0.5, 0.6) is 0 Å². The van der Waals surface area contributed by atoms with Crippen molar-refractivity contribution in [2.45, 2.75) is 33.6 Å². The largest absolute Gasteiger partial charge is 0.366 e. The van der Waals surface area contributed by atoms with Gasteiger partial charge in [-0.15, -0.1) is 0 Å². The van der Waals surface area contributed by atoms with E-state index < -0.39 is 0 Å². The van der Waals surface area contributed by atoms with E-state index >= 15 is 0 Å². The zero-order valence-corrected chi connectivity index (χ0v) is 7.55. The van der Waals surface area contributed by atoms with Crippen LogP contribution in [0.3, 0.4) is 0 Å². The van der Waals surface area contributed by atoms with Gasteiger partial charge >= 0.3 is 0 Å². The summed E-state index contributed by atoms with van der Waals surface area (Å²) in [5.74, 6) is -0.0347. The number of amides is 1. The van der Waals surface area contributed by atoms with Gasteiger partial charge in [0.05, 0.1) is 0 Å². The van der Waals surface area contributed by atoms with E-state index in [0.717, 1.165) is 18.4 Å². The fourth-order valence-electron chi connectivity index (χ4n) is 0.921. The third kappa shape index (κ3) is 3.81. The summed E-state index contributed by atoms with van der Waals surface area (Å²) in [4.78, 5) is 10.8. The van der Waals surface area contributed by atoms with Crippen molar-refractivity contribution in [2.24, 2.45) is 11.7 Å². The topological polar surface area (TPSA) is 43.1 Å². The van der Waals surface area contributed by atoms with Gasteiger partial charge in [0.2, 0.25) is 5.91 Å². The van der Waals surface area contributed by atoms with Crippen LogP contribution in [-0.4, -0.2) is 5.91 Å². The highest BCUT2D eigenvalue weighted by Gasteiger charge is 2.07. The van der Waals surface area contributed by atoms with E-state index in [1.807, 2.05) is 19.9 Å². The molecule has 0 atom stereocenters. The second-order valence-corrected chi connectivity index (χ2v) is 2.97. The lowest BCUT2D eigenvalue weighted by molar-refractivity contribution is -0.115. The molecule has 0 aliphatic heterocycles. The molecule has 64 valence electrons. The van der Waals surface area contributed by atoms with Crippen molar-refractivity contribution in [2.75, 3.05) is 0 Å². The van der Waals surface area contributed by atoms with Crippen LogP contribution in [0.4, 0.5) is 0 Å². The summed E-state index contributed by atoms with van der Waals surface area (Å²) in [5.41, 5.74) is 5.93. The molecule has 0 bridgehead atoms. The summed E-state index contributed by atoms with van der Waals surface area (Å²) in [6, 6.07) is 0. The van der Waals surface area contributed by atoms with Crippen molar-refractivity contribution in [3.05, 3.63) is 11.6 Å². The summed E-state index contributed by atoms with van der Waals surface area (Å²) in [6.45, 7) is 6.04. The number of hydrogen-bond acceptors (Lipinski definition) is 1. The van der Waals surface area contributed by atoms with E-state index in [1.54, 1.807) is 0 Å². The van der Waals surface area contributed by atoms with Crippen molar-refractivity contribution < 1.29 is 4.79 Å². The minimum Gasteiger partial charge on any atom is -0.366 e. The average Bonchev–Trinajstić information content (AvgIpc) is 1.87. The number of primary amides is 1. The number of carbonyl (C=O) groups excluding carboxylic acids is 1. The smallest absolute Gasteiger partial charge is 0.244 e. The third-order valence-electron chi connectivity index (χ3n) is 1.56. The molecule has 0 saturated carbocycles. The number of unbranched alkanes of at least 4 members (excludes halogenated alkanes) is 1. The van der Waals surface area contributed by atoms with Crippen LogP contribution in [0, 0.1) is 5.92 Å². The summed E-state index contributed by atoms with van der Waals surface area (Å²) < 4.78 is 0. The highest BCUT2D eigenvalue weighted by Crippen LogP contribution is 2.09. The summed E-state index contributed by atoms with van der Waals surface area (Å²) in [5, 5.41) is 0. The molecule has 1 amide bonds. The Kier molecular flexibility index (Phi) is 4.59. The van der Waals surface area contributed by atoms with Crippen molar-refractivity contribution in [1.82, 2.24) is 0 Å². The molecule has 0 radical (unpaired) electrons. The molecule has 2 nitrogen and oxygen atoms in total. The lowest BCUT2D eigenvalue weighted by Crippen LogP contribution is -2.17. The normalized spacial score (nSPS) is 12.2. The molecular formula is C9H17NO. The van der Waals surface area contributed by atoms with Gasteiger partial charge < -0.3 is 5.73 Å². The number of allylic oxidation sites excluding steroid dienone is 1. The van der Waals surface area contributed by atoms with E-state index in [9.17, 15) is 4.79 Å². The fourth-order valence-corrected chi connectivity index (χ4v) is 0.921. The monoisotopic (exact) mass is 155 g/mol. The number of rotatable bonds is 4. The molecule has 0 aromatic carbocycles. The van der Waals surface area contributed by atoms with Gasteiger partial charge in [-0.1, -0.05) is 33.3 Å². The van der Waals surface area contributed by atoms with Crippen molar-refractivity contribution in [1.29, 1.82) is 0 Å². The lowest BCUT2D eigenvalue weighted by atomic mass is 10.0. The molecular weight excluding hydrogens is 138 g/mol. The molecule has 0 aromatic rings. The Bertz CT molecular complexity index is 159. The number of hydrogen-bond donors (Lipinski definition) is 1. The van der Waals surface area contributed by atoms with Crippen LogP contribution in [0.1, 0.15) is 33.6 Å². The van der Waals surface area contributed by atoms with Gasteiger partial charge in [0.15, 0.2) is 0 Å². The van der Waals surface area contributed by atoms with Crippen LogP contribution in [0.15, 0.2) is 11.6 Å². The van der Waals surface area contributed by atoms with Gasteiger partial charge in [-0.05, 0) is 12.3 Å². The fraction of sp³-hybridized carbons (Fsp3) is 0.667. The molecule has 0 heterocycles. The van der Waals surface area contributed by atoms with Crippen LogP contribution < -0.4 is 5.73 Å². The van der Waals surface area contributed by atoms with E-state index in [-0.39, 0.29) is 11.8 Å². The predicted molar refractivity (Wildman–Crippen MR) is 47.0 cm³/mol. The van der Waals surface area contributed by atoms with Crippen LogP contribution in [0.2, 0.25) is 0 Å². The molecule has 0 aliphatic rings. The lowest BCUT2D eigenvalue weighted by Gasteiger charge is -2.05. The summed E-state index contributed by atoms with van der Waals surface area (Å²) in [7, 11) is 0. The molecule has 0 aromatic heterocycles. The molecule has 2 heteroatoms. The van der Waals surface area contributed by atoms with Gasteiger partial charge in [-0.3, -0.25) is 4.79 Å². The first-order chi connectivity index (χ1) is 5.09. The predicted octanol–water partition coefficient (Wildman–Crippen LogP) is 1.85. The Balaban J connectivity index is 4.21. The minimum absolute atomic E-state index is 0.249. The Labute approximate surface area is 68.5 Å². The highest BCUT2D eigenvalue weighted by atomic mass is 16.1. The van der Waals surface area contributed by atoms with Crippen LogP contribution in [-0.2, 0) is 4.79 Å². The van der Waals surface area contributed by atoms with Crippen LogP contribution >= 0.6 is 0 Å². The Morgan fingerprint density at radius 1 is 1.55 bits per heavy atom. The van der Waals surface area contributed by atoms with Crippen molar-refractivity contribution in [3.8, 4) is 0 Å². The first kappa shape index (κ1) is 10.2. The number of carbonyl (C=O) groups is 1. The molecule has 2 N–H and O–H groups in total. The Morgan fingerprint density at radius 2 is 2.09 bits per heavy atom. The van der Waals surface area contributed by atoms with E-state index in [0.29, 0.717) is 0 Å². The standard InChI is InChI=1S/C9H17NO/c1-4-5-6-8(7(2)3)9(10)11/h6-7H,4-5H2,1-3H3,(H2,10,11). The second kappa shape index (κ2) is 4.94. The molecule has 11 heavy (non-hydrogen) atoms. The van der Waals surface area contributed by atoms with Crippen molar-refractivity contribution in [3.63, 3.8) is 0 Å². The first-order valence-corrected chi connectivity index (χ1v) is 4.09. The zero-order valence-electron chi connectivity index (χ0n) is 7.55.